The lowest BCUT2D eigenvalue weighted by molar-refractivity contribution is 0.438. The summed E-state index contributed by atoms with van der Waals surface area (Å²) in [5.41, 5.74) is 0. The van der Waals surface area contributed by atoms with E-state index in [0.717, 1.165) is 0 Å². The van der Waals surface area contributed by atoms with E-state index in [0.29, 0.717) is 0 Å². The first kappa shape index (κ1) is 12.7. The topological polar surface area (TPSA) is 102 Å². The lowest BCUT2D eigenvalue weighted by atomic mass is 10.3. The van der Waals surface area contributed by atoms with Crippen LogP contribution in [0.5, 0.6) is 11.8 Å². The summed E-state index contributed by atoms with van der Waals surface area (Å²) in [6, 6.07) is 4.95. The van der Waals surface area contributed by atoms with Crippen LogP contribution in [0.15, 0.2) is 29.2 Å². The Kier molecular flexibility index (Phi) is 3.41. The maximum Gasteiger partial charge on any atom is 0.326 e. The van der Waals surface area contributed by atoms with Gasteiger partial charge in [-0.2, -0.15) is 23.4 Å². The standard InChI is InChI=1S/C9H5ClN3O4S/c10-8-11-5-12-9(13-8)17-6-1-3-7(4-2-6)18(14,15)16/h1-4H,(H,14,15,16). The van der Waals surface area contributed by atoms with Crippen molar-refractivity contribution in [1.82, 2.24) is 15.0 Å². The zero-order valence-corrected chi connectivity index (χ0v) is 10.2. The summed E-state index contributed by atoms with van der Waals surface area (Å²) in [4.78, 5) is 10.5. The summed E-state index contributed by atoms with van der Waals surface area (Å²) in [6.07, 6.45) is 2.23. The van der Waals surface area contributed by atoms with E-state index in [1.165, 1.54) is 24.3 Å². The van der Waals surface area contributed by atoms with Gasteiger partial charge in [0.1, 0.15) is 5.75 Å². The molecule has 1 N–H and O–H groups in total. The van der Waals surface area contributed by atoms with Gasteiger partial charge in [0.25, 0.3) is 10.1 Å². The van der Waals surface area contributed by atoms with Crippen molar-refractivity contribution < 1.29 is 17.7 Å². The molecule has 18 heavy (non-hydrogen) atoms. The summed E-state index contributed by atoms with van der Waals surface area (Å²) in [5.74, 6) is 0.276. The lowest BCUT2D eigenvalue weighted by Crippen LogP contribution is -1.98. The molecule has 0 spiro atoms. The number of halogens is 1. The van der Waals surface area contributed by atoms with Crippen LogP contribution in [-0.2, 0) is 10.1 Å². The number of benzene rings is 1. The zero-order valence-electron chi connectivity index (χ0n) is 8.61. The number of ether oxygens (including phenoxy) is 1. The van der Waals surface area contributed by atoms with E-state index in [9.17, 15) is 8.42 Å². The molecule has 0 amide bonds. The van der Waals surface area contributed by atoms with E-state index < -0.39 is 10.1 Å². The zero-order chi connectivity index (χ0) is 13.2. The fraction of sp³-hybridized carbons (Fsp3) is 0. The summed E-state index contributed by atoms with van der Waals surface area (Å²) in [6.45, 7) is 0. The van der Waals surface area contributed by atoms with Crippen molar-refractivity contribution in [1.29, 1.82) is 0 Å². The van der Waals surface area contributed by atoms with Crippen molar-refractivity contribution in [3.05, 3.63) is 35.9 Å². The Morgan fingerprint density at radius 2 is 1.89 bits per heavy atom. The summed E-state index contributed by atoms with van der Waals surface area (Å²) in [5, 5.41) is -0.0745. The third kappa shape index (κ3) is 3.13. The third-order valence-electron chi connectivity index (χ3n) is 1.81. The van der Waals surface area contributed by atoms with Crippen LogP contribution in [0.25, 0.3) is 0 Å². The Morgan fingerprint density at radius 3 is 2.44 bits per heavy atom. The number of hydrogen-bond acceptors (Lipinski definition) is 6. The molecule has 93 valence electrons. The van der Waals surface area contributed by atoms with Gasteiger partial charge in [0, 0.05) is 0 Å². The molecule has 0 atom stereocenters. The van der Waals surface area contributed by atoms with E-state index >= 15 is 0 Å². The molecule has 0 aliphatic heterocycles. The van der Waals surface area contributed by atoms with Crippen LogP contribution in [0.2, 0.25) is 5.28 Å². The number of aromatic nitrogens is 3. The molecular weight excluding hydrogens is 282 g/mol. The maximum absolute atomic E-state index is 10.8. The number of rotatable bonds is 3. The number of hydrogen-bond donors (Lipinski definition) is 1. The van der Waals surface area contributed by atoms with Crippen LogP contribution in [0, 0.1) is 6.33 Å². The fourth-order valence-electron chi connectivity index (χ4n) is 1.07. The maximum atomic E-state index is 10.8. The van der Waals surface area contributed by atoms with E-state index in [2.05, 4.69) is 21.3 Å². The first-order valence-corrected chi connectivity index (χ1v) is 6.30. The first-order chi connectivity index (χ1) is 8.45. The molecule has 0 fully saturated rings. The minimum absolute atomic E-state index is 0.0744. The highest BCUT2D eigenvalue weighted by Gasteiger charge is 2.09. The van der Waals surface area contributed by atoms with Crippen LogP contribution in [0.1, 0.15) is 0 Å². The number of nitrogens with zero attached hydrogens (tertiary/aromatic N) is 3. The molecule has 1 aromatic heterocycles. The van der Waals surface area contributed by atoms with Crippen molar-refractivity contribution in [2.75, 3.05) is 0 Å². The summed E-state index contributed by atoms with van der Waals surface area (Å²) >= 11 is 5.51. The minimum atomic E-state index is -4.22. The van der Waals surface area contributed by atoms with Gasteiger partial charge in [0.15, 0.2) is 0 Å². The SMILES string of the molecule is O=S(=O)(O)c1ccc(Oc2n[c]nc(Cl)n2)cc1. The highest BCUT2D eigenvalue weighted by atomic mass is 35.5. The second kappa shape index (κ2) is 4.84. The Hall–Kier alpha value is -1.77. The normalized spacial score (nSPS) is 11.2. The van der Waals surface area contributed by atoms with Crippen molar-refractivity contribution in [2.45, 2.75) is 4.90 Å². The molecule has 7 nitrogen and oxygen atoms in total. The minimum Gasteiger partial charge on any atom is -0.424 e. The highest BCUT2D eigenvalue weighted by molar-refractivity contribution is 7.85. The van der Waals surface area contributed by atoms with Crippen LogP contribution < -0.4 is 4.74 Å². The Labute approximate surface area is 107 Å². The molecule has 0 unspecified atom stereocenters. The Morgan fingerprint density at radius 1 is 1.22 bits per heavy atom. The monoisotopic (exact) mass is 286 g/mol. The van der Waals surface area contributed by atoms with Crippen molar-refractivity contribution in [3.8, 4) is 11.8 Å². The molecule has 0 aliphatic carbocycles. The van der Waals surface area contributed by atoms with Crippen molar-refractivity contribution >= 4 is 21.7 Å². The van der Waals surface area contributed by atoms with Crippen LogP contribution in [0.3, 0.4) is 0 Å². The van der Waals surface area contributed by atoms with Gasteiger partial charge in [-0.05, 0) is 35.9 Å². The second-order valence-corrected chi connectivity index (χ2v) is 4.80. The van der Waals surface area contributed by atoms with Crippen molar-refractivity contribution in [3.63, 3.8) is 0 Å². The molecule has 1 radical (unpaired) electrons. The largest absolute Gasteiger partial charge is 0.424 e. The van der Waals surface area contributed by atoms with E-state index in [4.69, 9.17) is 20.9 Å². The molecule has 0 bridgehead atoms. The lowest BCUT2D eigenvalue weighted by Gasteiger charge is -2.03. The van der Waals surface area contributed by atoms with Crippen LogP contribution in [-0.4, -0.2) is 27.9 Å². The van der Waals surface area contributed by atoms with Gasteiger partial charge >= 0.3 is 6.01 Å². The van der Waals surface area contributed by atoms with Crippen LogP contribution in [0.4, 0.5) is 0 Å². The van der Waals surface area contributed by atoms with Gasteiger partial charge in [-0.15, -0.1) is 0 Å². The molecule has 0 saturated heterocycles. The van der Waals surface area contributed by atoms with Gasteiger partial charge in [-0.25, -0.2) is 0 Å². The highest BCUT2D eigenvalue weighted by Crippen LogP contribution is 2.20. The first-order valence-electron chi connectivity index (χ1n) is 4.48. The predicted molar refractivity (Wildman–Crippen MR) is 60.0 cm³/mol. The molecule has 0 saturated carbocycles. The Bertz CT molecular complexity index is 660. The molecule has 2 aromatic rings. The molecule has 2 rings (SSSR count). The van der Waals surface area contributed by atoms with Crippen LogP contribution >= 0.6 is 11.6 Å². The predicted octanol–water partition coefficient (Wildman–Crippen LogP) is 1.36. The smallest absolute Gasteiger partial charge is 0.326 e. The van der Waals surface area contributed by atoms with Gasteiger partial charge in [-0.3, -0.25) is 4.55 Å². The third-order valence-corrected chi connectivity index (χ3v) is 2.84. The van der Waals surface area contributed by atoms with E-state index in [1.54, 1.807) is 0 Å². The van der Waals surface area contributed by atoms with Gasteiger partial charge in [-0.1, -0.05) is 0 Å². The van der Waals surface area contributed by atoms with Gasteiger partial charge < -0.3 is 4.74 Å². The van der Waals surface area contributed by atoms with Crippen molar-refractivity contribution in [2.24, 2.45) is 0 Å². The second-order valence-electron chi connectivity index (χ2n) is 3.04. The fourth-order valence-corrected chi connectivity index (χ4v) is 1.66. The average molecular weight is 287 g/mol. The summed E-state index contributed by atoms with van der Waals surface area (Å²) in [7, 11) is -4.22. The molecule has 0 aliphatic rings. The Balaban J connectivity index is 2.21. The molecular formula is C9H5ClN3O4S. The van der Waals surface area contributed by atoms with Gasteiger partial charge in [0.2, 0.25) is 11.6 Å². The quantitative estimate of drug-likeness (QED) is 0.850. The average Bonchev–Trinajstić information content (AvgIpc) is 2.28. The molecule has 9 heteroatoms. The molecule has 1 heterocycles. The summed E-state index contributed by atoms with van der Waals surface area (Å²) < 4.78 is 35.6. The van der Waals surface area contributed by atoms with E-state index in [-0.39, 0.29) is 21.9 Å². The molecule has 1 aromatic carbocycles. The van der Waals surface area contributed by atoms with E-state index in [1.807, 2.05) is 0 Å². The van der Waals surface area contributed by atoms with Gasteiger partial charge in [0.05, 0.1) is 4.90 Å².